The minimum Gasteiger partial charge on any atom is -0.493 e. The number of hydrogen-bond acceptors (Lipinski definition) is 3. The molecule has 0 aliphatic rings. The number of ether oxygens (including phenoxy) is 2. The van der Waals surface area contributed by atoms with Gasteiger partial charge in [-0.2, -0.15) is 0 Å². The van der Waals surface area contributed by atoms with Crippen LogP contribution in [0.5, 0.6) is 11.5 Å². The Morgan fingerprint density at radius 3 is 2.50 bits per heavy atom. The Balaban J connectivity index is 1.90. The standard InChI is InChI=1S/C19H23BrFN3O2/c1-22-19(23-8-7-13-5-4-6-15(21)9-13)24-12-14-10-17(25-2)18(26-3)11-16(14)20/h4-6,9-11H,7-8,12H2,1-3H3,(H2,22,23,24). The van der Waals surface area contributed by atoms with Crippen LogP contribution in [0.1, 0.15) is 11.1 Å². The molecule has 0 radical (unpaired) electrons. The van der Waals surface area contributed by atoms with Crippen molar-refractivity contribution in [2.24, 2.45) is 4.99 Å². The maximum Gasteiger partial charge on any atom is 0.191 e. The molecule has 2 rings (SSSR count). The van der Waals surface area contributed by atoms with E-state index < -0.39 is 0 Å². The topological polar surface area (TPSA) is 54.9 Å². The number of benzene rings is 2. The zero-order valence-corrected chi connectivity index (χ0v) is 16.7. The summed E-state index contributed by atoms with van der Waals surface area (Å²) in [6.07, 6.45) is 0.707. The number of methoxy groups -OCH3 is 2. The first kappa shape index (κ1) is 20.0. The van der Waals surface area contributed by atoms with Crippen LogP contribution in [0.25, 0.3) is 0 Å². The molecule has 5 nitrogen and oxygen atoms in total. The SMILES string of the molecule is CN=C(NCCc1cccc(F)c1)NCc1cc(OC)c(OC)cc1Br. The minimum absolute atomic E-state index is 0.219. The van der Waals surface area contributed by atoms with Crippen molar-refractivity contribution in [1.29, 1.82) is 0 Å². The Bertz CT molecular complexity index is 768. The van der Waals surface area contributed by atoms with Gasteiger partial charge in [-0.3, -0.25) is 4.99 Å². The summed E-state index contributed by atoms with van der Waals surface area (Å²) < 4.78 is 24.7. The number of nitrogens with one attached hydrogen (secondary N) is 2. The van der Waals surface area contributed by atoms with Crippen LogP contribution in [0.2, 0.25) is 0 Å². The first-order chi connectivity index (χ1) is 12.6. The average Bonchev–Trinajstić information content (AvgIpc) is 2.65. The van der Waals surface area contributed by atoms with Crippen LogP contribution in [0.4, 0.5) is 4.39 Å². The number of nitrogens with zero attached hydrogens (tertiary/aromatic N) is 1. The summed E-state index contributed by atoms with van der Waals surface area (Å²) in [5.41, 5.74) is 1.95. The zero-order valence-electron chi connectivity index (χ0n) is 15.1. The normalized spacial score (nSPS) is 11.2. The molecule has 0 saturated heterocycles. The number of aliphatic imine (C=N–C) groups is 1. The molecule has 26 heavy (non-hydrogen) atoms. The molecule has 0 aliphatic carbocycles. The molecule has 0 fully saturated rings. The lowest BCUT2D eigenvalue weighted by atomic mass is 10.1. The smallest absolute Gasteiger partial charge is 0.191 e. The van der Waals surface area contributed by atoms with Gasteiger partial charge in [-0.05, 0) is 41.8 Å². The van der Waals surface area contributed by atoms with Gasteiger partial charge >= 0.3 is 0 Å². The molecule has 0 amide bonds. The molecule has 0 heterocycles. The summed E-state index contributed by atoms with van der Waals surface area (Å²) in [5.74, 6) is 1.79. The molecule has 0 aliphatic heterocycles. The summed E-state index contributed by atoms with van der Waals surface area (Å²) in [5, 5.41) is 6.47. The van der Waals surface area contributed by atoms with Crippen LogP contribution in [-0.2, 0) is 13.0 Å². The molecular formula is C19H23BrFN3O2. The molecule has 7 heteroatoms. The van der Waals surface area contributed by atoms with Gasteiger partial charge in [0.15, 0.2) is 17.5 Å². The Morgan fingerprint density at radius 2 is 1.85 bits per heavy atom. The van der Waals surface area contributed by atoms with Crippen LogP contribution in [0.3, 0.4) is 0 Å². The second kappa shape index (κ2) is 10.0. The van der Waals surface area contributed by atoms with E-state index in [4.69, 9.17) is 9.47 Å². The first-order valence-corrected chi connectivity index (χ1v) is 8.96. The Hall–Kier alpha value is -2.28. The largest absolute Gasteiger partial charge is 0.493 e. The second-order valence-electron chi connectivity index (χ2n) is 5.53. The van der Waals surface area contributed by atoms with Crippen molar-refractivity contribution >= 4 is 21.9 Å². The van der Waals surface area contributed by atoms with Crippen molar-refractivity contribution in [2.45, 2.75) is 13.0 Å². The highest BCUT2D eigenvalue weighted by molar-refractivity contribution is 9.10. The molecular weight excluding hydrogens is 401 g/mol. The van der Waals surface area contributed by atoms with Gasteiger partial charge in [0.2, 0.25) is 0 Å². The Morgan fingerprint density at radius 1 is 1.12 bits per heavy atom. The fourth-order valence-electron chi connectivity index (χ4n) is 2.45. The number of rotatable bonds is 7. The van der Waals surface area contributed by atoms with Crippen LogP contribution in [0, 0.1) is 5.82 Å². The lowest BCUT2D eigenvalue weighted by Crippen LogP contribution is -2.37. The van der Waals surface area contributed by atoms with Crippen molar-refractivity contribution < 1.29 is 13.9 Å². The van der Waals surface area contributed by atoms with Crippen molar-refractivity contribution in [3.63, 3.8) is 0 Å². The Kier molecular flexibility index (Phi) is 7.72. The third-order valence-electron chi connectivity index (χ3n) is 3.82. The van der Waals surface area contributed by atoms with Gasteiger partial charge in [-0.15, -0.1) is 0 Å². The van der Waals surface area contributed by atoms with Crippen molar-refractivity contribution in [3.8, 4) is 11.5 Å². The van der Waals surface area contributed by atoms with E-state index >= 15 is 0 Å². The second-order valence-corrected chi connectivity index (χ2v) is 6.39. The summed E-state index contributed by atoms with van der Waals surface area (Å²) >= 11 is 3.54. The van der Waals surface area contributed by atoms with Crippen LogP contribution in [0.15, 0.2) is 45.9 Å². The maximum absolute atomic E-state index is 13.2. The average molecular weight is 424 g/mol. The lowest BCUT2D eigenvalue weighted by Gasteiger charge is -2.15. The molecule has 0 atom stereocenters. The van der Waals surface area contributed by atoms with Crippen LogP contribution < -0.4 is 20.1 Å². The monoisotopic (exact) mass is 423 g/mol. The van der Waals surface area contributed by atoms with Crippen molar-refractivity contribution in [1.82, 2.24) is 10.6 Å². The van der Waals surface area contributed by atoms with Gasteiger partial charge in [-0.1, -0.05) is 28.1 Å². The summed E-state index contributed by atoms with van der Waals surface area (Å²) in [6.45, 7) is 1.21. The third kappa shape index (κ3) is 5.62. The predicted molar refractivity (Wildman–Crippen MR) is 106 cm³/mol. The number of halogens is 2. The Labute approximate surface area is 161 Å². The fraction of sp³-hybridized carbons (Fsp3) is 0.316. The molecule has 2 N–H and O–H groups in total. The maximum atomic E-state index is 13.2. The van der Waals surface area contributed by atoms with Gasteiger partial charge in [0, 0.05) is 24.6 Å². The molecule has 0 aromatic heterocycles. The highest BCUT2D eigenvalue weighted by atomic mass is 79.9. The van der Waals surface area contributed by atoms with E-state index in [1.807, 2.05) is 18.2 Å². The summed E-state index contributed by atoms with van der Waals surface area (Å²) in [4.78, 5) is 4.21. The molecule has 2 aromatic carbocycles. The third-order valence-corrected chi connectivity index (χ3v) is 4.56. The van der Waals surface area contributed by atoms with E-state index in [1.165, 1.54) is 6.07 Å². The highest BCUT2D eigenvalue weighted by Crippen LogP contribution is 2.33. The minimum atomic E-state index is -0.219. The van der Waals surface area contributed by atoms with E-state index in [2.05, 4.69) is 31.6 Å². The quantitative estimate of drug-likeness (QED) is 0.528. The lowest BCUT2D eigenvalue weighted by molar-refractivity contribution is 0.354. The van der Waals surface area contributed by atoms with Crippen LogP contribution >= 0.6 is 15.9 Å². The summed E-state index contributed by atoms with van der Waals surface area (Å²) in [7, 11) is 4.92. The zero-order chi connectivity index (χ0) is 18.9. The fourth-order valence-corrected chi connectivity index (χ4v) is 2.91. The predicted octanol–water partition coefficient (Wildman–Crippen LogP) is 3.51. The molecule has 140 valence electrons. The van der Waals surface area contributed by atoms with Gasteiger partial charge in [-0.25, -0.2) is 4.39 Å². The van der Waals surface area contributed by atoms with E-state index in [1.54, 1.807) is 33.4 Å². The molecule has 0 bridgehead atoms. The van der Waals surface area contributed by atoms with Gasteiger partial charge in [0.05, 0.1) is 14.2 Å². The van der Waals surface area contributed by atoms with Crippen molar-refractivity contribution in [3.05, 3.63) is 57.8 Å². The first-order valence-electron chi connectivity index (χ1n) is 8.16. The molecule has 0 unspecified atom stereocenters. The van der Waals surface area contributed by atoms with E-state index in [9.17, 15) is 4.39 Å². The molecule has 0 saturated carbocycles. The van der Waals surface area contributed by atoms with E-state index in [-0.39, 0.29) is 5.82 Å². The highest BCUT2D eigenvalue weighted by Gasteiger charge is 2.10. The van der Waals surface area contributed by atoms with Gasteiger partial charge < -0.3 is 20.1 Å². The summed E-state index contributed by atoms with van der Waals surface area (Å²) in [6, 6.07) is 10.4. The van der Waals surface area contributed by atoms with Gasteiger partial charge in [0.25, 0.3) is 0 Å². The molecule has 0 spiro atoms. The van der Waals surface area contributed by atoms with E-state index in [0.29, 0.717) is 37.0 Å². The number of guanidine groups is 1. The van der Waals surface area contributed by atoms with Crippen molar-refractivity contribution in [2.75, 3.05) is 27.8 Å². The van der Waals surface area contributed by atoms with Gasteiger partial charge in [0.1, 0.15) is 5.82 Å². The number of hydrogen-bond donors (Lipinski definition) is 2. The van der Waals surface area contributed by atoms with Crippen LogP contribution in [-0.4, -0.2) is 33.8 Å². The molecule has 2 aromatic rings. The van der Waals surface area contributed by atoms with E-state index in [0.717, 1.165) is 15.6 Å².